The Morgan fingerprint density at radius 2 is 1.74 bits per heavy atom. The van der Waals surface area contributed by atoms with Crippen molar-refractivity contribution in [3.63, 3.8) is 0 Å². The first kappa shape index (κ1) is 15.6. The molecule has 0 N–H and O–H groups in total. The third-order valence-electron chi connectivity index (χ3n) is 3.31. The molecular formula is C17H18N4OS. The Morgan fingerprint density at radius 1 is 1.00 bits per heavy atom. The molecule has 6 heteroatoms. The predicted octanol–water partition coefficient (Wildman–Crippen LogP) is 4.10. The molecular weight excluding hydrogens is 308 g/mol. The summed E-state index contributed by atoms with van der Waals surface area (Å²) in [5.74, 6) is 2.61. The van der Waals surface area contributed by atoms with Gasteiger partial charge in [-0.05, 0) is 57.4 Å². The first-order valence-corrected chi connectivity index (χ1v) is 8.49. The highest BCUT2D eigenvalue weighted by Crippen LogP contribution is 2.24. The molecule has 1 aromatic carbocycles. The Labute approximate surface area is 139 Å². The summed E-state index contributed by atoms with van der Waals surface area (Å²) in [5.41, 5.74) is 1.98. The van der Waals surface area contributed by atoms with Crippen LogP contribution in [-0.2, 0) is 0 Å². The summed E-state index contributed by atoms with van der Waals surface area (Å²) in [5, 5.41) is 4.46. The zero-order valence-corrected chi connectivity index (χ0v) is 14.4. The average Bonchev–Trinajstić information content (AvgIpc) is 2.86. The summed E-state index contributed by atoms with van der Waals surface area (Å²) < 4.78 is 7.67. The standard InChI is InChI=1S/C17H18N4OS/c1-11-9-12(2)21(20-11)16-10-17(19-13(3)18-16)22-14-5-7-15(23-4)8-6-14/h5-10H,1-4H3. The zero-order chi connectivity index (χ0) is 16.4. The quantitative estimate of drug-likeness (QED) is 0.676. The number of hydrogen-bond donors (Lipinski definition) is 0. The zero-order valence-electron chi connectivity index (χ0n) is 13.6. The van der Waals surface area contributed by atoms with E-state index >= 15 is 0 Å². The third-order valence-corrected chi connectivity index (χ3v) is 4.05. The molecule has 2 heterocycles. The Bertz CT molecular complexity index is 827. The van der Waals surface area contributed by atoms with Gasteiger partial charge in [0.25, 0.3) is 0 Å². The van der Waals surface area contributed by atoms with Crippen LogP contribution in [0.2, 0.25) is 0 Å². The molecule has 0 aliphatic carbocycles. The van der Waals surface area contributed by atoms with E-state index in [0.29, 0.717) is 17.5 Å². The van der Waals surface area contributed by atoms with E-state index in [1.165, 1.54) is 4.90 Å². The van der Waals surface area contributed by atoms with E-state index in [1.54, 1.807) is 22.5 Å². The number of aromatic nitrogens is 4. The van der Waals surface area contributed by atoms with Gasteiger partial charge < -0.3 is 4.74 Å². The van der Waals surface area contributed by atoms with E-state index in [9.17, 15) is 0 Å². The second-order valence-corrected chi connectivity index (χ2v) is 6.11. The number of thioether (sulfide) groups is 1. The summed E-state index contributed by atoms with van der Waals surface area (Å²) >= 11 is 1.70. The lowest BCUT2D eigenvalue weighted by molar-refractivity contribution is 0.458. The van der Waals surface area contributed by atoms with Gasteiger partial charge in [0.15, 0.2) is 5.82 Å². The number of benzene rings is 1. The van der Waals surface area contributed by atoms with Gasteiger partial charge in [-0.25, -0.2) is 9.67 Å². The van der Waals surface area contributed by atoms with Gasteiger partial charge in [0.1, 0.15) is 11.6 Å². The second-order valence-electron chi connectivity index (χ2n) is 5.23. The van der Waals surface area contributed by atoms with Crippen molar-refractivity contribution in [2.45, 2.75) is 25.7 Å². The van der Waals surface area contributed by atoms with Gasteiger partial charge in [0, 0.05) is 16.7 Å². The number of ether oxygens (including phenoxy) is 1. The first-order valence-electron chi connectivity index (χ1n) is 7.26. The van der Waals surface area contributed by atoms with E-state index in [-0.39, 0.29) is 0 Å². The van der Waals surface area contributed by atoms with E-state index in [0.717, 1.165) is 17.1 Å². The van der Waals surface area contributed by atoms with Crippen LogP contribution >= 0.6 is 11.8 Å². The summed E-state index contributed by atoms with van der Waals surface area (Å²) in [7, 11) is 0. The number of hydrogen-bond acceptors (Lipinski definition) is 5. The van der Waals surface area contributed by atoms with Crippen molar-refractivity contribution in [1.82, 2.24) is 19.7 Å². The molecule has 0 unspecified atom stereocenters. The molecule has 5 nitrogen and oxygen atoms in total. The van der Waals surface area contributed by atoms with Crippen molar-refractivity contribution < 1.29 is 4.74 Å². The predicted molar refractivity (Wildman–Crippen MR) is 91.7 cm³/mol. The van der Waals surface area contributed by atoms with Gasteiger partial charge in [0.2, 0.25) is 5.88 Å². The van der Waals surface area contributed by atoms with Gasteiger partial charge in [0.05, 0.1) is 5.69 Å². The molecule has 0 atom stereocenters. The molecule has 23 heavy (non-hydrogen) atoms. The van der Waals surface area contributed by atoms with Crippen molar-refractivity contribution in [2.75, 3.05) is 6.26 Å². The summed E-state index contributed by atoms with van der Waals surface area (Å²) in [6, 6.07) is 11.7. The van der Waals surface area contributed by atoms with E-state index in [2.05, 4.69) is 15.1 Å². The Morgan fingerprint density at radius 3 is 2.35 bits per heavy atom. The highest BCUT2D eigenvalue weighted by atomic mass is 32.2. The van der Waals surface area contributed by atoms with Gasteiger partial charge in [-0.3, -0.25) is 0 Å². The van der Waals surface area contributed by atoms with Crippen molar-refractivity contribution in [3.05, 3.63) is 53.6 Å². The fourth-order valence-corrected chi connectivity index (χ4v) is 2.72. The molecule has 0 amide bonds. The first-order chi connectivity index (χ1) is 11.0. The van der Waals surface area contributed by atoms with Gasteiger partial charge in [-0.1, -0.05) is 0 Å². The monoisotopic (exact) mass is 326 g/mol. The Balaban J connectivity index is 1.92. The molecule has 2 aromatic heterocycles. The topological polar surface area (TPSA) is 52.8 Å². The maximum absolute atomic E-state index is 5.87. The van der Waals surface area contributed by atoms with Crippen LogP contribution in [0.5, 0.6) is 11.6 Å². The smallest absolute Gasteiger partial charge is 0.224 e. The molecule has 118 valence electrons. The summed E-state index contributed by atoms with van der Waals surface area (Å²) in [4.78, 5) is 10.0. The van der Waals surface area contributed by atoms with Crippen molar-refractivity contribution in [2.24, 2.45) is 0 Å². The Hall–Kier alpha value is -2.34. The molecule has 0 spiro atoms. The van der Waals surface area contributed by atoms with Crippen LogP contribution in [-0.4, -0.2) is 26.0 Å². The average molecular weight is 326 g/mol. The van der Waals surface area contributed by atoms with Crippen molar-refractivity contribution in [1.29, 1.82) is 0 Å². The minimum atomic E-state index is 0.511. The van der Waals surface area contributed by atoms with Gasteiger partial charge >= 0.3 is 0 Å². The molecule has 3 aromatic rings. The molecule has 0 radical (unpaired) electrons. The van der Waals surface area contributed by atoms with Crippen LogP contribution in [0, 0.1) is 20.8 Å². The minimum absolute atomic E-state index is 0.511. The van der Waals surface area contributed by atoms with E-state index in [1.807, 2.05) is 57.4 Å². The second kappa shape index (κ2) is 6.42. The van der Waals surface area contributed by atoms with Crippen LogP contribution < -0.4 is 4.74 Å². The van der Waals surface area contributed by atoms with E-state index in [4.69, 9.17) is 4.74 Å². The van der Waals surface area contributed by atoms with Gasteiger partial charge in [-0.15, -0.1) is 11.8 Å². The highest BCUT2D eigenvalue weighted by molar-refractivity contribution is 7.98. The maximum atomic E-state index is 5.87. The van der Waals surface area contributed by atoms with E-state index < -0.39 is 0 Å². The molecule has 0 aliphatic rings. The van der Waals surface area contributed by atoms with Crippen LogP contribution in [0.3, 0.4) is 0 Å². The fraction of sp³-hybridized carbons (Fsp3) is 0.235. The Kier molecular flexibility index (Phi) is 4.34. The van der Waals surface area contributed by atoms with Crippen LogP contribution in [0.15, 0.2) is 41.3 Å². The molecule has 3 rings (SSSR count). The maximum Gasteiger partial charge on any atom is 0.224 e. The van der Waals surface area contributed by atoms with Gasteiger partial charge in [-0.2, -0.15) is 10.1 Å². The number of rotatable bonds is 4. The lowest BCUT2D eigenvalue weighted by atomic mass is 10.3. The lowest BCUT2D eigenvalue weighted by Gasteiger charge is -2.09. The number of aryl methyl sites for hydroxylation is 3. The van der Waals surface area contributed by atoms with Crippen LogP contribution in [0.1, 0.15) is 17.2 Å². The fourth-order valence-electron chi connectivity index (χ4n) is 2.31. The van der Waals surface area contributed by atoms with Crippen LogP contribution in [0.4, 0.5) is 0 Å². The third kappa shape index (κ3) is 3.53. The lowest BCUT2D eigenvalue weighted by Crippen LogP contribution is -2.05. The molecule has 0 saturated carbocycles. The van der Waals surface area contributed by atoms with Crippen molar-refractivity contribution in [3.8, 4) is 17.4 Å². The van der Waals surface area contributed by atoms with Crippen molar-refractivity contribution >= 4 is 11.8 Å². The normalized spacial score (nSPS) is 10.8. The summed E-state index contributed by atoms with van der Waals surface area (Å²) in [6.07, 6.45) is 2.05. The molecule has 0 bridgehead atoms. The summed E-state index contributed by atoms with van der Waals surface area (Å²) in [6.45, 7) is 5.81. The van der Waals surface area contributed by atoms with Crippen LogP contribution in [0.25, 0.3) is 5.82 Å². The largest absolute Gasteiger partial charge is 0.439 e. The molecule has 0 saturated heterocycles. The SMILES string of the molecule is CSc1ccc(Oc2cc(-n3nc(C)cc3C)nc(C)n2)cc1. The highest BCUT2D eigenvalue weighted by Gasteiger charge is 2.09. The molecule has 0 aliphatic heterocycles. The minimum Gasteiger partial charge on any atom is -0.439 e. The molecule has 0 fully saturated rings. The number of nitrogens with zero attached hydrogens (tertiary/aromatic N) is 4.